The quantitative estimate of drug-likeness (QED) is 0.239. The van der Waals surface area contributed by atoms with E-state index in [0.717, 1.165) is 49.8 Å². The second-order valence-corrected chi connectivity index (χ2v) is 12.7. The monoisotopic (exact) mass is 703 g/mol. The fourth-order valence-corrected chi connectivity index (χ4v) is 6.56. The average molecular weight is 704 g/mol. The molecule has 3 aromatic rings. The number of hydrogen-bond donors (Lipinski definition) is 2. The maximum absolute atomic E-state index is 14.3. The van der Waals surface area contributed by atoms with Gasteiger partial charge in [0.2, 0.25) is 11.8 Å². The summed E-state index contributed by atoms with van der Waals surface area (Å²) >= 11 is 0. The third-order valence-corrected chi connectivity index (χ3v) is 9.50. The molecule has 2 N–H and O–H groups in total. The Kier molecular flexibility index (Phi) is 14.4. The highest BCUT2D eigenvalue weighted by atomic mass is 35.5. The van der Waals surface area contributed by atoms with Crippen LogP contribution >= 0.6 is 12.4 Å². The molecular weight excluding hydrogens is 656 g/mol. The Morgan fingerprint density at radius 1 is 0.878 bits per heavy atom. The molecule has 10 nitrogen and oxygen atoms in total. The molecule has 5 rings (SSSR count). The SMILES string of the molecule is CN[C@@H](C)C(=O)N[C@@H](C(=O)N1CCN(C(=O)c2cc3cc(F)c(F)cc3n2CCOCCOCc2ccccc2)CC1)C1CCCCC1.Cl. The lowest BCUT2D eigenvalue weighted by Crippen LogP contribution is -2.59. The Morgan fingerprint density at radius 3 is 2.22 bits per heavy atom. The summed E-state index contributed by atoms with van der Waals surface area (Å²) in [6, 6.07) is 12.6. The molecular formula is C36H48ClF2N5O5. The fraction of sp³-hybridized carbons (Fsp3) is 0.528. The molecule has 2 aromatic carbocycles. The van der Waals surface area contributed by atoms with Crippen molar-refractivity contribution in [2.24, 2.45) is 5.92 Å². The number of carbonyl (C=O) groups is 3. The van der Waals surface area contributed by atoms with Crippen molar-refractivity contribution in [3.05, 3.63) is 71.4 Å². The molecule has 2 atom stereocenters. The lowest BCUT2D eigenvalue weighted by Gasteiger charge is -2.39. The van der Waals surface area contributed by atoms with E-state index in [2.05, 4.69) is 10.6 Å². The molecule has 268 valence electrons. The van der Waals surface area contributed by atoms with E-state index in [0.29, 0.717) is 62.6 Å². The van der Waals surface area contributed by atoms with Gasteiger partial charge in [0.05, 0.1) is 38.0 Å². The zero-order chi connectivity index (χ0) is 34.0. The first-order valence-corrected chi connectivity index (χ1v) is 17.0. The van der Waals surface area contributed by atoms with Crippen LogP contribution in [0.4, 0.5) is 8.78 Å². The Balaban J connectivity index is 0.00000541. The lowest BCUT2D eigenvalue weighted by atomic mass is 9.83. The number of hydrogen-bond acceptors (Lipinski definition) is 6. The van der Waals surface area contributed by atoms with Gasteiger partial charge in [-0.15, -0.1) is 12.4 Å². The predicted octanol–water partition coefficient (Wildman–Crippen LogP) is 4.53. The Bertz CT molecular complexity index is 1540. The van der Waals surface area contributed by atoms with Crippen LogP contribution in [0, 0.1) is 17.6 Å². The van der Waals surface area contributed by atoms with E-state index in [9.17, 15) is 23.2 Å². The van der Waals surface area contributed by atoms with Crippen LogP contribution in [0.2, 0.25) is 0 Å². The Labute approximate surface area is 292 Å². The van der Waals surface area contributed by atoms with Gasteiger partial charge in [-0.05, 0) is 50.4 Å². The zero-order valence-electron chi connectivity index (χ0n) is 28.3. The van der Waals surface area contributed by atoms with Gasteiger partial charge < -0.3 is 34.5 Å². The van der Waals surface area contributed by atoms with Crippen molar-refractivity contribution in [2.75, 3.05) is 53.0 Å². The summed E-state index contributed by atoms with van der Waals surface area (Å²) in [5.74, 6) is -2.51. The summed E-state index contributed by atoms with van der Waals surface area (Å²) in [5, 5.41) is 6.36. The molecule has 0 bridgehead atoms. The molecule has 2 heterocycles. The molecule has 1 aliphatic heterocycles. The van der Waals surface area contributed by atoms with Crippen LogP contribution < -0.4 is 10.6 Å². The van der Waals surface area contributed by atoms with Crippen LogP contribution in [-0.4, -0.2) is 97.2 Å². The highest BCUT2D eigenvalue weighted by molar-refractivity contribution is 5.99. The summed E-state index contributed by atoms with van der Waals surface area (Å²) in [6.07, 6.45) is 4.97. The molecule has 1 aliphatic carbocycles. The van der Waals surface area contributed by atoms with Crippen LogP contribution in [0.5, 0.6) is 0 Å². The second-order valence-electron chi connectivity index (χ2n) is 12.7. The van der Waals surface area contributed by atoms with Crippen LogP contribution in [0.3, 0.4) is 0 Å². The average Bonchev–Trinajstić information content (AvgIpc) is 3.46. The number of likely N-dealkylation sites (N-methyl/N-ethyl adjacent to an activating group) is 1. The summed E-state index contributed by atoms with van der Waals surface area (Å²) in [6.45, 7) is 4.67. The smallest absolute Gasteiger partial charge is 0.270 e. The van der Waals surface area contributed by atoms with Crippen molar-refractivity contribution in [3.8, 4) is 0 Å². The predicted molar refractivity (Wildman–Crippen MR) is 186 cm³/mol. The van der Waals surface area contributed by atoms with Gasteiger partial charge in [-0.2, -0.15) is 0 Å². The second kappa shape index (κ2) is 18.4. The van der Waals surface area contributed by atoms with E-state index < -0.39 is 23.7 Å². The molecule has 0 unspecified atom stereocenters. The van der Waals surface area contributed by atoms with E-state index in [1.54, 1.807) is 34.4 Å². The fourth-order valence-electron chi connectivity index (χ4n) is 6.56. The van der Waals surface area contributed by atoms with E-state index in [1.165, 1.54) is 0 Å². The van der Waals surface area contributed by atoms with E-state index >= 15 is 0 Å². The molecule has 0 spiro atoms. The van der Waals surface area contributed by atoms with E-state index in [-0.39, 0.29) is 49.2 Å². The lowest BCUT2D eigenvalue weighted by molar-refractivity contribution is -0.140. The third-order valence-electron chi connectivity index (χ3n) is 9.50. The zero-order valence-corrected chi connectivity index (χ0v) is 29.1. The molecule has 1 aromatic heterocycles. The number of rotatable bonds is 14. The molecule has 1 saturated heterocycles. The summed E-state index contributed by atoms with van der Waals surface area (Å²) in [5.41, 5.74) is 1.76. The van der Waals surface area contributed by atoms with Gasteiger partial charge in [-0.1, -0.05) is 49.6 Å². The molecule has 2 aliphatic rings. The van der Waals surface area contributed by atoms with Crippen molar-refractivity contribution in [3.63, 3.8) is 0 Å². The molecule has 3 amide bonds. The van der Waals surface area contributed by atoms with Crippen molar-refractivity contribution < 1.29 is 32.6 Å². The van der Waals surface area contributed by atoms with Crippen molar-refractivity contribution in [2.45, 2.75) is 64.3 Å². The number of halogens is 3. The number of ether oxygens (including phenoxy) is 2. The maximum atomic E-state index is 14.3. The van der Waals surface area contributed by atoms with Gasteiger partial charge in [0.1, 0.15) is 11.7 Å². The van der Waals surface area contributed by atoms with Crippen LogP contribution in [-0.2, 0) is 32.2 Å². The summed E-state index contributed by atoms with van der Waals surface area (Å²) < 4.78 is 41.6. The number of benzene rings is 2. The number of aromatic nitrogens is 1. The van der Waals surface area contributed by atoms with Gasteiger partial charge in [0.25, 0.3) is 5.91 Å². The van der Waals surface area contributed by atoms with Gasteiger partial charge >= 0.3 is 0 Å². The van der Waals surface area contributed by atoms with Crippen LogP contribution in [0.25, 0.3) is 10.9 Å². The number of amides is 3. The number of piperazine rings is 1. The largest absolute Gasteiger partial charge is 0.377 e. The molecule has 1 saturated carbocycles. The minimum absolute atomic E-state index is 0. The standard InChI is InChI=1S/C36H47F2N5O5.ClH/c1-25(39-2)34(44)40-33(27-11-7-4-8-12-27)36(46)42-15-13-41(14-16-42)35(45)32-22-28-21-29(37)30(38)23-31(28)43(32)17-18-47-19-20-48-24-26-9-5-3-6-10-26;/h3,5-6,9-10,21-23,25,27,33,39H,4,7-8,11-20,24H2,1-2H3,(H,40,44);1H/t25-,33+;/m0./s1. The highest BCUT2D eigenvalue weighted by Crippen LogP contribution is 2.28. The molecule has 2 fully saturated rings. The summed E-state index contributed by atoms with van der Waals surface area (Å²) in [4.78, 5) is 43.9. The number of nitrogens with one attached hydrogen (secondary N) is 2. The van der Waals surface area contributed by atoms with Crippen molar-refractivity contribution in [1.82, 2.24) is 25.0 Å². The van der Waals surface area contributed by atoms with Gasteiger partial charge in [-0.25, -0.2) is 8.78 Å². The molecule has 49 heavy (non-hydrogen) atoms. The Morgan fingerprint density at radius 2 is 1.53 bits per heavy atom. The number of fused-ring (bicyclic) bond motifs is 1. The Hall–Kier alpha value is -3.58. The first-order valence-electron chi connectivity index (χ1n) is 17.0. The van der Waals surface area contributed by atoms with Gasteiger partial charge in [0.15, 0.2) is 11.6 Å². The van der Waals surface area contributed by atoms with E-state index in [4.69, 9.17) is 9.47 Å². The van der Waals surface area contributed by atoms with Gasteiger partial charge in [0, 0.05) is 44.2 Å². The normalized spacial score (nSPS) is 16.7. The topological polar surface area (TPSA) is 105 Å². The van der Waals surface area contributed by atoms with E-state index in [1.807, 2.05) is 30.3 Å². The first-order chi connectivity index (χ1) is 23.3. The first kappa shape index (κ1) is 38.2. The van der Waals surface area contributed by atoms with Crippen LogP contribution in [0.15, 0.2) is 48.5 Å². The highest BCUT2D eigenvalue weighted by Gasteiger charge is 2.36. The minimum Gasteiger partial charge on any atom is -0.377 e. The summed E-state index contributed by atoms with van der Waals surface area (Å²) in [7, 11) is 1.71. The maximum Gasteiger partial charge on any atom is 0.270 e. The van der Waals surface area contributed by atoms with Crippen molar-refractivity contribution >= 4 is 41.0 Å². The van der Waals surface area contributed by atoms with Crippen molar-refractivity contribution in [1.29, 1.82) is 0 Å². The minimum atomic E-state index is -0.994. The van der Waals surface area contributed by atoms with Gasteiger partial charge in [-0.3, -0.25) is 14.4 Å². The molecule has 0 radical (unpaired) electrons. The number of nitrogens with zero attached hydrogens (tertiary/aromatic N) is 3. The number of carbonyl (C=O) groups excluding carboxylic acids is 3. The third kappa shape index (κ3) is 9.78. The van der Waals surface area contributed by atoms with Crippen LogP contribution in [0.1, 0.15) is 55.1 Å². The molecule has 13 heteroatoms.